The van der Waals surface area contributed by atoms with Crippen molar-refractivity contribution in [3.05, 3.63) is 0 Å². The molecular formula is C15H32BF3NaO2. The summed E-state index contributed by atoms with van der Waals surface area (Å²) in [5.74, 6) is 0.391. The molecule has 0 heterocycles. The zero-order valence-corrected chi connectivity index (χ0v) is 15.1. The second kappa shape index (κ2) is 21.5. The number of hydrogen-bond donors (Lipinski definition) is 1. The molecule has 1 N–H and O–H groups in total. The number of aliphatic hydroxyl groups is 1. The largest absolute Gasteiger partial charge is 1.00 e. The molecule has 0 amide bonds. The monoisotopic (exact) mass is 335 g/mol. The Bertz CT molecular complexity index is 231. The van der Waals surface area contributed by atoms with Crippen LogP contribution in [0.1, 0.15) is 73.1 Å². The number of halogens is 3. The molecule has 0 spiro atoms. The fraction of sp³-hybridized carbons (Fsp3) is 0.933. The van der Waals surface area contributed by atoms with E-state index in [2.05, 4.69) is 0 Å². The van der Waals surface area contributed by atoms with E-state index in [-0.39, 0.29) is 62.2 Å². The van der Waals surface area contributed by atoms with Crippen LogP contribution in [0.2, 0.25) is 0 Å². The van der Waals surface area contributed by atoms with E-state index in [1.807, 2.05) is 0 Å². The van der Waals surface area contributed by atoms with E-state index in [0.29, 0.717) is 12.5 Å². The quantitative estimate of drug-likeness (QED) is 0.610. The number of carbonyl (C=O) groups is 1. The number of carbonyl (C=O) groups excluding carboxylic acids is 1. The van der Waals surface area contributed by atoms with Crippen LogP contribution in [0.5, 0.6) is 0 Å². The summed E-state index contributed by atoms with van der Waals surface area (Å²) in [5, 5.41) is 8.69. The minimum atomic E-state index is -1.10. The van der Waals surface area contributed by atoms with Crippen molar-refractivity contribution in [3.8, 4) is 0 Å². The van der Waals surface area contributed by atoms with Gasteiger partial charge in [0.1, 0.15) is 0 Å². The van der Waals surface area contributed by atoms with Crippen LogP contribution in [0, 0.1) is 11.8 Å². The van der Waals surface area contributed by atoms with Gasteiger partial charge in [0.2, 0.25) is 0 Å². The summed E-state index contributed by atoms with van der Waals surface area (Å²) < 4.78 is 11.9. The van der Waals surface area contributed by atoms with Gasteiger partial charge in [0.15, 0.2) is 0 Å². The third-order valence-corrected chi connectivity index (χ3v) is 3.91. The van der Waals surface area contributed by atoms with Gasteiger partial charge in [0, 0.05) is 20.9 Å². The Hall–Kier alpha value is 0.485. The predicted octanol–water partition coefficient (Wildman–Crippen LogP) is 1.30. The van der Waals surface area contributed by atoms with E-state index in [4.69, 9.17) is 5.11 Å². The molecule has 2 fully saturated rings. The SMILES string of the molecule is C.F.F.O=C(F)C1CCCCC1.OCC1CCCCC1.[B].[H-].[Na+]. The second-order valence-electron chi connectivity index (χ2n) is 5.33. The third kappa shape index (κ3) is 15.4. The van der Waals surface area contributed by atoms with E-state index in [9.17, 15) is 9.18 Å². The Balaban J connectivity index is -0.0000000500. The van der Waals surface area contributed by atoms with Crippen molar-refractivity contribution in [2.45, 2.75) is 71.6 Å². The van der Waals surface area contributed by atoms with Crippen LogP contribution in [-0.4, -0.2) is 26.2 Å². The van der Waals surface area contributed by atoms with E-state index in [0.717, 1.165) is 25.7 Å². The zero-order valence-electron chi connectivity index (χ0n) is 14.1. The average Bonchev–Trinajstić information content (AvgIpc) is 2.41. The molecular weight excluding hydrogens is 303 g/mol. The number of aliphatic hydroxyl groups excluding tert-OH is 1. The van der Waals surface area contributed by atoms with Gasteiger partial charge in [-0.25, -0.2) is 0 Å². The molecule has 0 bridgehead atoms. The molecule has 2 aliphatic rings. The van der Waals surface area contributed by atoms with Gasteiger partial charge < -0.3 is 6.53 Å². The molecule has 129 valence electrons. The Kier molecular flexibility index (Phi) is 33.2. The first-order valence-corrected chi connectivity index (χ1v) is 7.04. The predicted molar refractivity (Wildman–Crippen MR) is 85.0 cm³/mol. The van der Waals surface area contributed by atoms with Gasteiger partial charge >= 0.3 is 35.6 Å². The maximum Gasteiger partial charge on any atom is 1.00 e. The molecule has 0 aromatic heterocycles. The van der Waals surface area contributed by atoms with Gasteiger partial charge in [0.25, 0.3) is 0 Å². The Labute approximate surface area is 159 Å². The molecule has 0 aliphatic heterocycles. The molecule has 0 aromatic rings. The first-order chi connectivity index (χ1) is 8.24. The molecule has 0 atom stereocenters. The van der Waals surface area contributed by atoms with Crippen LogP contribution in [0.4, 0.5) is 13.8 Å². The molecule has 2 saturated carbocycles. The molecule has 0 saturated heterocycles. The third-order valence-electron chi connectivity index (χ3n) is 3.91. The topological polar surface area (TPSA) is 37.3 Å². The van der Waals surface area contributed by atoms with Crippen molar-refractivity contribution in [2.24, 2.45) is 11.8 Å². The van der Waals surface area contributed by atoms with Crippen LogP contribution >= 0.6 is 0 Å². The van der Waals surface area contributed by atoms with E-state index in [1.54, 1.807) is 0 Å². The summed E-state index contributed by atoms with van der Waals surface area (Å²) in [4.78, 5) is 10.1. The van der Waals surface area contributed by atoms with Crippen LogP contribution in [-0.2, 0) is 4.79 Å². The maximum absolute atomic E-state index is 11.9. The summed E-state index contributed by atoms with van der Waals surface area (Å²) >= 11 is 0. The Morgan fingerprint density at radius 3 is 1.55 bits per heavy atom. The minimum absolute atomic E-state index is 0. The van der Waals surface area contributed by atoms with Gasteiger partial charge in [-0.05, 0) is 31.6 Å². The van der Waals surface area contributed by atoms with Crippen molar-refractivity contribution in [3.63, 3.8) is 0 Å². The van der Waals surface area contributed by atoms with Crippen LogP contribution in [0.15, 0.2) is 0 Å². The van der Waals surface area contributed by atoms with Crippen molar-refractivity contribution < 1.29 is 54.7 Å². The molecule has 7 heteroatoms. The van der Waals surface area contributed by atoms with Crippen LogP contribution < -0.4 is 29.6 Å². The normalized spacial score (nSPS) is 17.5. The van der Waals surface area contributed by atoms with Gasteiger partial charge in [-0.3, -0.25) is 14.2 Å². The van der Waals surface area contributed by atoms with Gasteiger partial charge in [-0.2, -0.15) is 4.39 Å². The van der Waals surface area contributed by atoms with Crippen LogP contribution in [0.3, 0.4) is 0 Å². The average molecular weight is 335 g/mol. The molecule has 3 radical (unpaired) electrons. The molecule has 2 aliphatic carbocycles. The molecule has 0 unspecified atom stereocenters. The Morgan fingerprint density at radius 2 is 1.32 bits per heavy atom. The fourth-order valence-corrected chi connectivity index (χ4v) is 2.70. The molecule has 22 heavy (non-hydrogen) atoms. The fourth-order valence-electron chi connectivity index (χ4n) is 2.70. The summed E-state index contributed by atoms with van der Waals surface area (Å²) in [7, 11) is 0. The number of hydrogen-bond acceptors (Lipinski definition) is 2. The first kappa shape index (κ1) is 33.9. The van der Waals surface area contributed by atoms with E-state index >= 15 is 0 Å². The van der Waals surface area contributed by atoms with Crippen molar-refractivity contribution in [1.82, 2.24) is 0 Å². The second-order valence-corrected chi connectivity index (χ2v) is 5.33. The number of rotatable bonds is 2. The first-order valence-electron chi connectivity index (χ1n) is 7.04. The molecule has 2 rings (SSSR count). The molecule has 0 aromatic carbocycles. The van der Waals surface area contributed by atoms with Crippen molar-refractivity contribution in [1.29, 1.82) is 0 Å². The summed E-state index contributed by atoms with van der Waals surface area (Å²) in [6, 6.07) is -1.10. The smallest absolute Gasteiger partial charge is 1.00 e. The molecule has 2 nitrogen and oxygen atoms in total. The summed E-state index contributed by atoms with van der Waals surface area (Å²) in [6.07, 6.45) is 11.4. The minimum Gasteiger partial charge on any atom is -1.00 e. The van der Waals surface area contributed by atoms with Crippen molar-refractivity contribution >= 4 is 14.5 Å². The summed E-state index contributed by atoms with van der Waals surface area (Å²) in [6.45, 7) is 0.417. The summed E-state index contributed by atoms with van der Waals surface area (Å²) in [5.41, 5.74) is 0. The van der Waals surface area contributed by atoms with Gasteiger partial charge in [-0.1, -0.05) is 46.0 Å². The van der Waals surface area contributed by atoms with Gasteiger partial charge in [-0.15, -0.1) is 0 Å². The van der Waals surface area contributed by atoms with Gasteiger partial charge in [0.05, 0.1) is 0 Å². The van der Waals surface area contributed by atoms with E-state index < -0.39 is 6.04 Å². The zero-order chi connectivity index (χ0) is 12.5. The van der Waals surface area contributed by atoms with Crippen molar-refractivity contribution in [2.75, 3.05) is 6.61 Å². The standard InChI is InChI=1S/C7H11FO.C7H14O.CH4.B.2FH.Na.H/c8-7(9)6-4-2-1-3-5-6;8-6-7-4-2-1-3-5-7;;;;;;/h6H,1-5H2;7-8H,1-6H2;1H4;;2*1H;;/q;;;;;;+1;-1. The van der Waals surface area contributed by atoms with Crippen LogP contribution in [0.25, 0.3) is 0 Å². The Morgan fingerprint density at radius 1 is 0.955 bits per heavy atom. The maximum atomic E-state index is 11.9. The van der Waals surface area contributed by atoms with E-state index in [1.165, 1.54) is 38.5 Å².